The van der Waals surface area contributed by atoms with E-state index in [0.717, 1.165) is 19.4 Å². The van der Waals surface area contributed by atoms with Crippen LogP contribution in [0.25, 0.3) is 0 Å². The van der Waals surface area contributed by atoms with Crippen LogP contribution in [-0.2, 0) is 11.3 Å². The Kier molecular flexibility index (Phi) is 4.92. The molecule has 1 aliphatic heterocycles. The summed E-state index contributed by atoms with van der Waals surface area (Å²) in [6, 6.07) is 4.89. The van der Waals surface area contributed by atoms with Gasteiger partial charge in [0.2, 0.25) is 0 Å². The van der Waals surface area contributed by atoms with Crippen LogP contribution in [0.3, 0.4) is 0 Å². The maximum Gasteiger partial charge on any atom is 0.292 e. The number of nitro benzene ring substituents is 1. The van der Waals surface area contributed by atoms with E-state index >= 15 is 0 Å². The molecule has 1 aromatic carbocycles. The number of hydrogen-bond donors (Lipinski definition) is 1. The number of nitro groups is 1. The molecule has 1 aliphatic rings. The van der Waals surface area contributed by atoms with Crippen LogP contribution in [0.2, 0.25) is 0 Å². The molecule has 0 aromatic heterocycles. The van der Waals surface area contributed by atoms with Gasteiger partial charge in [-0.05, 0) is 31.4 Å². The Morgan fingerprint density at radius 3 is 3.00 bits per heavy atom. The summed E-state index contributed by atoms with van der Waals surface area (Å²) in [5.41, 5.74) is 1.21. The van der Waals surface area contributed by atoms with E-state index in [0.29, 0.717) is 24.4 Å². The third-order valence-electron chi connectivity index (χ3n) is 3.54. The van der Waals surface area contributed by atoms with Gasteiger partial charge in [-0.25, -0.2) is 0 Å². The fourth-order valence-electron chi connectivity index (χ4n) is 2.61. The Hall–Kier alpha value is -1.66. The quantitative estimate of drug-likeness (QED) is 0.660. The summed E-state index contributed by atoms with van der Waals surface area (Å²) in [5, 5.41) is 20.3. The zero-order chi connectivity index (χ0) is 14.5. The van der Waals surface area contributed by atoms with Crippen LogP contribution in [0.4, 0.5) is 11.4 Å². The lowest BCUT2D eigenvalue weighted by atomic mass is 10.1. The van der Waals surface area contributed by atoms with Gasteiger partial charge in [0.15, 0.2) is 0 Å². The molecule has 1 fully saturated rings. The van der Waals surface area contributed by atoms with Crippen LogP contribution in [0, 0.1) is 10.1 Å². The molecule has 0 spiro atoms. The average Bonchev–Trinajstić information content (AvgIpc) is 2.47. The maximum absolute atomic E-state index is 11.2. The zero-order valence-electron chi connectivity index (χ0n) is 11.6. The van der Waals surface area contributed by atoms with Gasteiger partial charge < -0.3 is 14.7 Å². The second-order valence-corrected chi connectivity index (χ2v) is 4.90. The van der Waals surface area contributed by atoms with Crippen molar-refractivity contribution < 1.29 is 14.8 Å². The van der Waals surface area contributed by atoms with E-state index in [2.05, 4.69) is 0 Å². The lowest BCUT2D eigenvalue weighted by Gasteiger charge is -2.33. The third kappa shape index (κ3) is 3.26. The number of piperidine rings is 1. The third-order valence-corrected chi connectivity index (χ3v) is 3.54. The number of anilines is 1. The van der Waals surface area contributed by atoms with Crippen molar-refractivity contribution in [2.24, 2.45) is 0 Å². The molecule has 0 aliphatic carbocycles. The summed E-state index contributed by atoms with van der Waals surface area (Å²) >= 11 is 0. The highest BCUT2D eigenvalue weighted by molar-refractivity contribution is 5.64. The summed E-state index contributed by atoms with van der Waals surface area (Å²) < 4.78 is 5.63. The number of ether oxygens (including phenoxy) is 1. The van der Waals surface area contributed by atoms with E-state index in [1.165, 1.54) is 6.07 Å². The molecular weight excluding hydrogens is 260 g/mol. The summed E-state index contributed by atoms with van der Waals surface area (Å²) in [6.07, 6.45) is 2.09. The molecule has 1 heterocycles. The minimum atomic E-state index is -0.390. The van der Waals surface area contributed by atoms with Crippen LogP contribution in [-0.4, -0.2) is 35.8 Å². The van der Waals surface area contributed by atoms with E-state index in [4.69, 9.17) is 9.84 Å². The van der Waals surface area contributed by atoms with Crippen molar-refractivity contribution in [3.05, 3.63) is 33.9 Å². The van der Waals surface area contributed by atoms with Gasteiger partial charge in [0.25, 0.3) is 5.69 Å². The first kappa shape index (κ1) is 14.7. The van der Waals surface area contributed by atoms with Crippen LogP contribution < -0.4 is 4.90 Å². The number of nitrogens with zero attached hydrogens (tertiary/aromatic N) is 2. The van der Waals surface area contributed by atoms with Crippen LogP contribution >= 0.6 is 0 Å². The van der Waals surface area contributed by atoms with Gasteiger partial charge in [-0.2, -0.15) is 0 Å². The highest BCUT2D eigenvalue weighted by atomic mass is 16.6. The fourth-order valence-corrected chi connectivity index (χ4v) is 2.61. The first-order valence-electron chi connectivity index (χ1n) is 6.90. The smallest absolute Gasteiger partial charge is 0.292 e. The Balaban J connectivity index is 2.24. The molecule has 1 atom stereocenters. The summed E-state index contributed by atoms with van der Waals surface area (Å²) in [7, 11) is 0. The molecule has 20 heavy (non-hydrogen) atoms. The van der Waals surface area contributed by atoms with Gasteiger partial charge in [-0.1, -0.05) is 6.07 Å². The second-order valence-electron chi connectivity index (χ2n) is 4.90. The Labute approximate surface area is 118 Å². The predicted molar refractivity (Wildman–Crippen MR) is 75.9 cm³/mol. The van der Waals surface area contributed by atoms with Crippen molar-refractivity contribution in [3.8, 4) is 0 Å². The van der Waals surface area contributed by atoms with Gasteiger partial charge >= 0.3 is 0 Å². The molecule has 1 saturated heterocycles. The molecule has 0 saturated carbocycles. The van der Waals surface area contributed by atoms with E-state index in [-0.39, 0.29) is 18.4 Å². The van der Waals surface area contributed by atoms with E-state index in [9.17, 15) is 10.1 Å². The number of benzene rings is 1. The summed E-state index contributed by atoms with van der Waals surface area (Å²) in [4.78, 5) is 12.8. The van der Waals surface area contributed by atoms with Crippen LogP contribution in [0.1, 0.15) is 25.3 Å². The summed E-state index contributed by atoms with van der Waals surface area (Å²) in [5.74, 6) is 0. The lowest BCUT2D eigenvalue weighted by molar-refractivity contribution is -0.384. The maximum atomic E-state index is 11.2. The van der Waals surface area contributed by atoms with Crippen molar-refractivity contribution in [2.45, 2.75) is 32.5 Å². The Bertz CT molecular complexity index is 476. The van der Waals surface area contributed by atoms with Crippen LogP contribution in [0.15, 0.2) is 18.2 Å². The molecule has 6 heteroatoms. The SMILES string of the molecule is CCOC1CCCN(c2ccc(CO)cc2[N+](=O)[O-])C1. The number of hydrogen-bond acceptors (Lipinski definition) is 5. The van der Waals surface area contributed by atoms with Gasteiger partial charge in [0.05, 0.1) is 17.6 Å². The van der Waals surface area contributed by atoms with Crippen molar-refractivity contribution in [2.75, 3.05) is 24.6 Å². The molecule has 110 valence electrons. The van der Waals surface area contributed by atoms with E-state index < -0.39 is 4.92 Å². The van der Waals surface area contributed by atoms with Crippen molar-refractivity contribution >= 4 is 11.4 Å². The monoisotopic (exact) mass is 280 g/mol. The Morgan fingerprint density at radius 1 is 1.55 bits per heavy atom. The first-order valence-corrected chi connectivity index (χ1v) is 6.90. The van der Waals surface area contributed by atoms with Crippen LogP contribution in [0.5, 0.6) is 0 Å². The van der Waals surface area contributed by atoms with E-state index in [1.807, 2.05) is 11.8 Å². The lowest BCUT2D eigenvalue weighted by Crippen LogP contribution is -2.40. The molecule has 0 bridgehead atoms. The van der Waals surface area contributed by atoms with E-state index in [1.54, 1.807) is 12.1 Å². The van der Waals surface area contributed by atoms with Gasteiger partial charge in [0.1, 0.15) is 5.69 Å². The van der Waals surface area contributed by atoms with Crippen molar-refractivity contribution in [1.29, 1.82) is 0 Å². The molecule has 1 N–H and O–H groups in total. The normalized spacial score (nSPS) is 19.1. The first-order chi connectivity index (χ1) is 9.65. The highest BCUT2D eigenvalue weighted by Crippen LogP contribution is 2.31. The number of aliphatic hydroxyl groups is 1. The second kappa shape index (κ2) is 6.67. The number of rotatable bonds is 5. The topological polar surface area (TPSA) is 75.8 Å². The van der Waals surface area contributed by atoms with Crippen molar-refractivity contribution in [1.82, 2.24) is 0 Å². The Morgan fingerprint density at radius 2 is 2.35 bits per heavy atom. The largest absolute Gasteiger partial charge is 0.392 e. The molecule has 0 amide bonds. The molecular formula is C14H20N2O4. The highest BCUT2D eigenvalue weighted by Gasteiger charge is 2.25. The molecule has 0 radical (unpaired) electrons. The predicted octanol–water partition coefficient (Wildman–Crippen LogP) is 2.09. The number of aliphatic hydroxyl groups excluding tert-OH is 1. The molecule has 6 nitrogen and oxygen atoms in total. The van der Waals surface area contributed by atoms with Gasteiger partial charge in [-0.3, -0.25) is 10.1 Å². The van der Waals surface area contributed by atoms with Crippen molar-refractivity contribution in [3.63, 3.8) is 0 Å². The molecule has 2 rings (SSSR count). The molecule has 1 aromatic rings. The zero-order valence-corrected chi connectivity index (χ0v) is 11.6. The standard InChI is InChI=1S/C14H20N2O4/c1-2-20-12-4-3-7-15(9-12)13-6-5-11(10-17)8-14(13)16(18)19/h5-6,8,12,17H,2-4,7,9-10H2,1H3. The summed E-state index contributed by atoms with van der Waals surface area (Å²) in [6.45, 7) is 3.89. The minimum Gasteiger partial charge on any atom is -0.392 e. The molecule has 1 unspecified atom stereocenters. The average molecular weight is 280 g/mol. The van der Waals surface area contributed by atoms with Gasteiger partial charge in [0, 0.05) is 25.8 Å². The minimum absolute atomic E-state index is 0.0497. The fraction of sp³-hybridized carbons (Fsp3) is 0.571. The van der Waals surface area contributed by atoms with Gasteiger partial charge in [-0.15, -0.1) is 0 Å².